The third kappa shape index (κ3) is 2.74. The van der Waals surface area contributed by atoms with E-state index in [0.717, 1.165) is 35.2 Å². The van der Waals surface area contributed by atoms with Crippen LogP contribution in [0.1, 0.15) is 25.8 Å². The molecule has 3 rings (SSSR count). The Hall–Kier alpha value is -2.56. The smallest absolute Gasteiger partial charge is 0.143 e. The van der Waals surface area contributed by atoms with Crippen LogP contribution in [-0.4, -0.2) is 26.7 Å². The second-order valence-electron chi connectivity index (χ2n) is 5.15. The van der Waals surface area contributed by atoms with E-state index in [1.807, 2.05) is 37.3 Å². The van der Waals surface area contributed by atoms with Crippen LogP contribution in [0.25, 0.3) is 16.7 Å². The molecule has 5 nitrogen and oxygen atoms in total. The van der Waals surface area contributed by atoms with Crippen LogP contribution in [-0.2, 0) is 6.42 Å². The highest BCUT2D eigenvalue weighted by molar-refractivity contribution is 5.75. The van der Waals surface area contributed by atoms with Gasteiger partial charge in [-0.25, -0.2) is 0 Å². The molecule has 2 aromatic carbocycles. The van der Waals surface area contributed by atoms with Crippen LogP contribution in [0, 0.1) is 0 Å². The number of aromatic hydroxyl groups is 1. The molecule has 0 spiro atoms. The Kier molecular flexibility index (Phi) is 3.96. The van der Waals surface area contributed by atoms with Gasteiger partial charge in [-0.3, -0.25) is 0 Å². The topological polar surface area (TPSA) is 60.2 Å². The minimum absolute atomic E-state index is 0.191. The molecular weight excluding hydrogens is 278 g/mol. The van der Waals surface area contributed by atoms with E-state index in [1.54, 1.807) is 6.07 Å². The minimum Gasteiger partial charge on any atom is -0.506 e. The average molecular weight is 297 g/mol. The van der Waals surface area contributed by atoms with Crippen molar-refractivity contribution in [3.05, 3.63) is 42.0 Å². The number of ether oxygens (including phenoxy) is 1. The standard InChI is InChI=1S/C17H19N3O2/c1-3-5-12-6-9-16(17(21)10-12)20-18-14-8-7-13(22-4-2)11-15(14)19-20/h6-11,21H,3-5H2,1-2H3. The van der Waals surface area contributed by atoms with Gasteiger partial charge in [0.05, 0.1) is 6.61 Å². The van der Waals surface area contributed by atoms with Gasteiger partial charge in [0, 0.05) is 6.07 Å². The largest absolute Gasteiger partial charge is 0.506 e. The van der Waals surface area contributed by atoms with Crippen molar-refractivity contribution in [1.82, 2.24) is 15.0 Å². The van der Waals surface area contributed by atoms with Gasteiger partial charge in [0.25, 0.3) is 0 Å². The number of nitrogens with zero attached hydrogens (tertiary/aromatic N) is 3. The first-order valence-corrected chi connectivity index (χ1v) is 7.53. The van der Waals surface area contributed by atoms with E-state index >= 15 is 0 Å². The third-order valence-electron chi connectivity index (χ3n) is 3.46. The Morgan fingerprint density at radius 2 is 1.86 bits per heavy atom. The second kappa shape index (κ2) is 6.05. The fourth-order valence-electron chi connectivity index (χ4n) is 2.44. The molecule has 0 amide bonds. The van der Waals surface area contributed by atoms with Crippen LogP contribution in [0.5, 0.6) is 11.5 Å². The zero-order valence-corrected chi connectivity index (χ0v) is 12.8. The van der Waals surface area contributed by atoms with Gasteiger partial charge in [0.15, 0.2) is 0 Å². The van der Waals surface area contributed by atoms with Gasteiger partial charge < -0.3 is 9.84 Å². The highest BCUT2D eigenvalue weighted by Crippen LogP contribution is 2.25. The third-order valence-corrected chi connectivity index (χ3v) is 3.46. The molecule has 0 bridgehead atoms. The van der Waals surface area contributed by atoms with E-state index in [9.17, 15) is 5.11 Å². The Labute approximate surface area is 129 Å². The van der Waals surface area contributed by atoms with Crippen molar-refractivity contribution in [2.75, 3.05) is 6.61 Å². The van der Waals surface area contributed by atoms with Crippen molar-refractivity contribution >= 4 is 11.0 Å². The van der Waals surface area contributed by atoms with Gasteiger partial charge in [-0.15, -0.1) is 15.0 Å². The Bertz CT molecular complexity index is 796. The van der Waals surface area contributed by atoms with Crippen molar-refractivity contribution in [1.29, 1.82) is 0 Å². The van der Waals surface area contributed by atoms with Gasteiger partial charge in [-0.05, 0) is 43.2 Å². The first-order chi connectivity index (χ1) is 10.7. The Morgan fingerprint density at radius 1 is 1.05 bits per heavy atom. The highest BCUT2D eigenvalue weighted by atomic mass is 16.5. The van der Waals surface area contributed by atoms with Crippen molar-refractivity contribution in [3.63, 3.8) is 0 Å². The van der Waals surface area contributed by atoms with Crippen molar-refractivity contribution in [2.24, 2.45) is 0 Å². The molecule has 0 aliphatic heterocycles. The summed E-state index contributed by atoms with van der Waals surface area (Å²) in [7, 11) is 0. The lowest BCUT2D eigenvalue weighted by Crippen LogP contribution is -1.99. The zero-order valence-electron chi connectivity index (χ0n) is 12.8. The van der Waals surface area contributed by atoms with Crippen LogP contribution in [0.15, 0.2) is 36.4 Å². The summed E-state index contributed by atoms with van der Waals surface area (Å²) in [5, 5.41) is 19.0. The number of phenolic OH excluding ortho intramolecular Hbond substituents is 1. The number of fused-ring (bicyclic) bond motifs is 1. The Balaban J connectivity index is 1.99. The lowest BCUT2D eigenvalue weighted by molar-refractivity contribution is 0.340. The SMILES string of the molecule is CCCc1ccc(-n2nc3ccc(OCC)cc3n2)c(O)c1. The van der Waals surface area contributed by atoms with E-state index in [-0.39, 0.29) is 5.75 Å². The summed E-state index contributed by atoms with van der Waals surface area (Å²) in [5.74, 6) is 0.959. The van der Waals surface area contributed by atoms with Crippen molar-refractivity contribution in [3.8, 4) is 17.2 Å². The van der Waals surface area contributed by atoms with Crippen molar-refractivity contribution in [2.45, 2.75) is 26.7 Å². The number of hydrogen-bond donors (Lipinski definition) is 1. The molecule has 1 aromatic heterocycles. The quantitative estimate of drug-likeness (QED) is 0.783. The van der Waals surface area contributed by atoms with Crippen molar-refractivity contribution < 1.29 is 9.84 Å². The summed E-state index contributed by atoms with van der Waals surface area (Å²) >= 11 is 0. The summed E-state index contributed by atoms with van der Waals surface area (Å²) in [6.07, 6.45) is 1.99. The number of rotatable bonds is 5. The molecule has 5 heteroatoms. The molecule has 0 aliphatic carbocycles. The molecule has 0 radical (unpaired) electrons. The predicted octanol–water partition coefficient (Wildman–Crippen LogP) is 3.48. The van der Waals surface area contributed by atoms with Crippen LogP contribution in [0.4, 0.5) is 0 Å². The second-order valence-corrected chi connectivity index (χ2v) is 5.15. The van der Waals surface area contributed by atoms with Crippen LogP contribution >= 0.6 is 0 Å². The molecule has 0 saturated carbocycles. The van der Waals surface area contributed by atoms with E-state index in [4.69, 9.17) is 4.74 Å². The fourth-order valence-corrected chi connectivity index (χ4v) is 2.44. The van der Waals surface area contributed by atoms with Gasteiger partial charge in [-0.1, -0.05) is 19.4 Å². The molecule has 1 heterocycles. The fraction of sp³-hybridized carbons (Fsp3) is 0.294. The number of aryl methyl sites for hydroxylation is 1. The molecular formula is C17H19N3O2. The van der Waals surface area contributed by atoms with E-state index in [1.165, 1.54) is 4.80 Å². The summed E-state index contributed by atoms with van der Waals surface area (Å²) in [6.45, 7) is 4.67. The minimum atomic E-state index is 0.191. The lowest BCUT2D eigenvalue weighted by atomic mass is 10.1. The maximum Gasteiger partial charge on any atom is 0.143 e. The van der Waals surface area contributed by atoms with E-state index in [2.05, 4.69) is 17.1 Å². The first kappa shape index (κ1) is 14.4. The molecule has 0 saturated heterocycles. The van der Waals surface area contributed by atoms with Crippen LogP contribution in [0.2, 0.25) is 0 Å². The van der Waals surface area contributed by atoms with Crippen LogP contribution in [0.3, 0.4) is 0 Å². The van der Waals surface area contributed by atoms with Gasteiger partial charge >= 0.3 is 0 Å². The molecule has 22 heavy (non-hydrogen) atoms. The first-order valence-electron chi connectivity index (χ1n) is 7.53. The summed E-state index contributed by atoms with van der Waals surface area (Å²) in [4.78, 5) is 1.46. The molecule has 0 atom stereocenters. The van der Waals surface area contributed by atoms with E-state index in [0.29, 0.717) is 12.3 Å². The number of benzene rings is 2. The summed E-state index contributed by atoms with van der Waals surface area (Å²) in [5.41, 5.74) is 3.19. The maximum atomic E-state index is 10.2. The van der Waals surface area contributed by atoms with Gasteiger partial charge in [0.2, 0.25) is 0 Å². The van der Waals surface area contributed by atoms with E-state index < -0.39 is 0 Å². The normalized spacial score (nSPS) is 11.0. The maximum absolute atomic E-state index is 10.2. The molecule has 0 fully saturated rings. The monoisotopic (exact) mass is 297 g/mol. The molecule has 114 valence electrons. The van der Waals surface area contributed by atoms with Gasteiger partial charge in [-0.2, -0.15) is 0 Å². The van der Waals surface area contributed by atoms with Crippen LogP contribution < -0.4 is 4.74 Å². The lowest BCUT2D eigenvalue weighted by Gasteiger charge is -2.05. The number of aromatic nitrogens is 3. The molecule has 0 unspecified atom stereocenters. The molecule has 1 N–H and O–H groups in total. The molecule has 3 aromatic rings. The number of hydrogen-bond acceptors (Lipinski definition) is 4. The molecule has 0 aliphatic rings. The average Bonchev–Trinajstić information content (AvgIpc) is 2.91. The predicted molar refractivity (Wildman–Crippen MR) is 85.7 cm³/mol. The highest BCUT2D eigenvalue weighted by Gasteiger charge is 2.10. The zero-order chi connectivity index (χ0) is 15.5. The van der Waals surface area contributed by atoms with Gasteiger partial charge in [0.1, 0.15) is 28.2 Å². The summed E-state index contributed by atoms with van der Waals surface area (Å²) < 4.78 is 5.47. The summed E-state index contributed by atoms with van der Waals surface area (Å²) in [6, 6.07) is 11.2. The number of phenols is 1. The Morgan fingerprint density at radius 3 is 2.59 bits per heavy atom.